The highest BCUT2D eigenvalue weighted by Crippen LogP contribution is 2.22. The summed E-state index contributed by atoms with van der Waals surface area (Å²) >= 11 is 0. The van der Waals surface area contributed by atoms with Crippen LogP contribution in [0.4, 0.5) is 0 Å². The van der Waals surface area contributed by atoms with Crippen LogP contribution >= 0.6 is 12.4 Å². The van der Waals surface area contributed by atoms with Crippen LogP contribution in [0.25, 0.3) is 0 Å². The second kappa shape index (κ2) is 8.98. The zero-order chi connectivity index (χ0) is 15.2. The predicted molar refractivity (Wildman–Crippen MR) is 88.4 cm³/mol. The van der Waals surface area contributed by atoms with Crippen molar-refractivity contribution >= 4 is 18.3 Å². The Kier molecular flexibility index (Phi) is 7.65. The van der Waals surface area contributed by atoms with Gasteiger partial charge in [-0.1, -0.05) is 12.1 Å². The van der Waals surface area contributed by atoms with Crippen LogP contribution in [0.3, 0.4) is 0 Å². The fraction of sp³-hybridized carbons (Fsp3) is 0.562. The molecule has 0 radical (unpaired) electrons. The molecule has 0 spiro atoms. The molecule has 0 saturated carbocycles. The number of halogens is 1. The monoisotopic (exact) mass is 328 g/mol. The van der Waals surface area contributed by atoms with E-state index < -0.39 is 6.04 Å². The molecule has 0 bridgehead atoms. The summed E-state index contributed by atoms with van der Waals surface area (Å²) in [6.07, 6.45) is 2.32. The number of rotatable bonds is 6. The first-order chi connectivity index (χ1) is 10.1. The summed E-state index contributed by atoms with van der Waals surface area (Å²) in [5.41, 5.74) is 7.62. The van der Waals surface area contributed by atoms with Gasteiger partial charge in [0.05, 0.1) is 12.1 Å². The molecular formula is C16H25ClN2O3. The van der Waals surface area contributed by atoms with Crippen LogP contribution in [0, 0.1) is 6.92 Å². The molecule has 0 aromatic heterocycles. The number of amides is 1. The topological polar surface area (TPSA) is 73.6 Å². The van der Waals surface area contributed by atoms with E-state index in [-0.39, 0.29) is 24.4 Å². The largest absolute Gasteiger partial charge is 0.491 e. The van der Waals surface area contributed by atoms with Crippen molar-refractivity contribution < 1.29 is 14.3 Å². The Labute approximate surface area is 138 Å². The van der Waals surface area contributed by atoms with E-state index >= 15 is 0 Å². The molecule has 0 aliphatic carbocycles. The average molecular weight is 329 g/mol. The third-order valence-corrected chi connectivity index (χ3v) is 3.54. The van der Waals surface area contributed by atoms with Crippen LogP contribution in [0.1, 0.15) is 30.9 Å². The maximum absolute atomic E-state index is 11.6. The molecule has 1 unspecified atom stereocenters. The number of aryl methyl sites for hydroxylation is 1. The van der Waals surface area contributed by atoms with Gasteiger partial charge in [0.15, 0.2) is 0 Å². The summed E-state index contributed by atoms with van der Waals surface area (Å²) in [4.78, 5) is 11.6. The Balaban J connectivity index is 0.00000242. The summed E-state index contributed by atoms with van der Waals surface area (Å²) in [7, 11) is 0. The van der Waals surface area contributed by atoms with Crippen LogP contribution < -0.4 is 15.8 Å². The van der Waals surface area contributed by atoms with Crippen molar-refractivity contribution in [1.82, 2.24) is 5.32 Å². The SMILES string of the molecule is Cc1ccc(CNC(=O)[C@H](C)N)c(OCC2CCCO2)c1.Cl. The van der Waals surface area contributed by atoms with Gasteiger partial charge in [-0.15, -0.1) is 12.4 Å². The van der Waals surface area contributed by atoms with E-state index in [0.29, 0.717) is 13.2 Å². The van der Waals surface area contributed by atoms with E-state index in [4.69, 9.17) is 15.2 Å². The third kappa shape index (κ3) is 5.48. The van der Waals surface area contributed by atoms with E-state index in [2.05, 4.69) is 5.32 Å². The van der Waals surface area contributed by atoms with Gasteiger partial charge in [-0.05, 0) is 38.3 Å². The van der Waals surface area contributed by atoms with Gasteiger partial charge < -0.3 is 20.5 Å². The summed E-state index contributed by atoms with van der Waals surface area (Å²) in [6, 6.07) is 5.46. The lowest BCUT2D eigenvalue weighted by Crippen LogP contribution is -2.37. The Morgan fingerprint density at radius 2 is 2.32 bits per heavy atom. The fourth-order valence-electron chi connectivity index (χ4n) is 2.24. The Hall–Kier alpha value is -1.30. The minimum atomic E-state index is -0.508. The molecule has 3 N–H and O–H groups in total. The second-order valence-electron chi connectivity index (χ2n) is 5.56. The van der Waals surface area contributed by atoms with Crippen molar-refractivity contribution in [3.05, 3.63) is 29.3 Å². The van der Waals surface area contributed by atoms with Crippen LogP contribution in [0.15, 0.2) is 18.2 Å². The highest BCUT2D eigenvalue weighted by atomic mass is 35.5. The molecular weight excluding hydrogens is 304 g/mol. The van der Waals surface area contributed by atoms with Gasteiger partial charge in [0, 0.05) is 18.7 Å². The zero-order valence-corrected chi connectivity index (χ0v) is 13.9. The van der Waals surface area contributed by atoms with Crippen LogP contribution in [-0.4, -0.2) is 31.3 Å². The number of benzene rings is 1. The summed E-state index contributed by atoms with van der Waals surface area (Å²) in [6.45, 7) is 5.47. The first-order valence-electron chi connectivity index (χ1n) is 7.43. The third-order valence-electron chi connectivity index (χ3n) is 3.54. The second-order valence-corrected chi connectivity index (χ2v) is 5.56. The van der Waals surface area contributed by atoms with Gasteiger partial charge in [0.1, 0.15) is 12.4 Å². The molecule has 1 aliphatic rings. The van der Waals surface area contributed by atoms with Crippen LogP contribution in [-0.2, 0) is 16.1 Å². The number of nitrogens with one attached hydrogen (secondary N) is 1. The minimum absolute atomic E-state index is 0. The molecule has 2 rings (SSSR count). The van der Waals surface area contributed by atoms with Gasteiger partial charge >= 0.3 is 0 Å². The molecule has 1 fully saturated rings. The molecule has 2 atom stereocenters. The molecule has 1 aromatic rings. The molecule has 22 heavy (non-hydrogen) atoms. The van der Waals surface area contributed by atoms with Gasteiger partial charge in [0.2, 0.25) is 5.91 Å². The first-order valence-corrected chi connectivity index (χ1v) is 7.43. The average Bonchev–Trinajstić information content (AvgIpc) is 2.96. The number of hydrogen-bond donors (Lipinski definition) is 2. The van der Waals surface area contributed by atoms with Crippen molar-refractivity contribution in [2.75, 3.05) is 13.2 Å². The molecule has 1 saturated heterocycles. The quantitative estimate of drug-likeness (QED) is 0.837. The van der Waals surface area contributed by atoms with Crippen molar-refractivity contribution in [3.8, 4) is 5.75 Å². The minimum Gasteiger partial charge on any atom is -0.491 e. The lowest BCUT2D eigenvalue weighted by atomic mass is 10.1. The van der Waals surface area contributed by atoms with E-state index in [1.807, 2.05) is 25.1 Å². The Bertz CT molecular complexity index is 488. The van der Waals surface area contributed by atoms with Gasteiger partial charge in [-0.25, -0.2) is 0 Å². The normalized spacial score (nSPS) is 18.4. The highest BCUT2D eigenvalue weighted by molar-refractivity contribution is 5.85. The van der Waals surface area contributed by atoms with Gasteiger partial charge in [-0.3, -0.25) is 4.79 Å². The van der Waals surface area contributed by atoms with Crippen LogP contribution in [0.5, 0.6) is 5.75 Å². The zero-order valence-electron chi connectivity index (χ0n) is 13.1. The maximum atomic E-state index is 11.6. The summed E-state index contributed by atoms with van der Waals surface area (Å²) in [5.74, 6) is 0.635. The van der Waals surface area contributed by atoms with Gasteiger partial charge in [-0.2, -0.15) is 0 Å². The molecule has 1 aromatic carbocycles. The fourth-order valence-corrected chi connectivity index (χ4v) is 2.24. The van der Waals surface area contributed by atoms with Gasteiger partial charge in [0.25, 0.3) is 0 Å². The van der Waals surface area contributed by atoms with Crippen molar-refractivity contribution in [3.63, 3.8) is 0 Å². The number of hydrogen-bond acceptors (Lipinski definition) is 4. The van der Waals surface area contributed by atoms with Crippen LogP contribution in [0.2, 0.25) is 0 Å². The number of nitrogens with two attached hydrogens (primary N) is 1. The smallest absolute Gasteiger partial charge is 0.236 e. The standard InChI is InChI=1S/C16H24N2O3.ClH/c1-11-5-6-13(9-18-16(19)12(2)17)15(8-11)21-10-14-4-3-7-20-14;/h5-6,8,12,14H,3-4,7,9-10,17H2,1-2H3,(H,18,19);1H/t12-,14?;/m0./s1. The summed E-state index contributed by atoms with van der Waals surface area (Å²) < 4.78 is 11.5. The molecule has 124 valence electrons. The lowest BCUT2D eigenvalue weighted by Gasteiger charge is -2.16. The molecule has 1 amide bonds. The van der Waals surface area contributed by atoms with E-state index in [9.17, 15) is 4.79 Å². The molecule has 5 nitrogen and oxygen atoms in total. The number of carbonyl (C=O) groups excluding carboxylic acids is 1. The number of ether oxygens (including phenoxy) is 2. The van der Waals surface area contributed by atoms with Crippen molar-refractivity contribution in [2.24, 2.45) is 5.73 Å². The molecule has 6 heteroatoms. The lowest BCUT2D eigenvalue weighted by molar-refractivity contribution is -0.122. The van der Waals surface area contributed by atoms with E-state index in [1.165, 1.54) is 0 Å². The summed E-state index contributed by atoms with van der Waals surface area (Å²) in [5, 5.41) is 2.81. The predicted octanol–water partition coefficient (Wildman–Crippen LogP) is 1.94. The van der Waals surface area contributed by atoms with Crippen molar-refractivity contribution in [1.29, 1.82) is 0 Å². The maximum Gasteiger partial charge on any atom is 0.236 e. The first kappa shape index (κ1) is 18.7. The Morgan fingerprint density at radius 1 is 1.55 bits per heavy atom. The Morgan fingerprint density at radius 3 is 2.95 bits per heavy atom. The van der Waals surface area contributed by atoms with Crippen molar-refractivity contribution in [2.45, 2.75) is 45.4 Å². The number of carbonyl (C=O) groups is 1. The highest BCUT2D eigenvalue weighted by Gasteiger charge is 2.17. The molecule has 1 heterocycles. The molecule has 1 aliphatic heterocycles. The van der Waals surface area contributed by atoms with E-state index in [0.717, 1.165) is 36.3 Å². The van der Waals surface area contributed by atoms with E-state index in [1.54, 1.807) is 6.92 Å².